The van der Waals surface area contributed by atoms with E-state index in [0.717, 1.165) is 35.0 Å². The Kier molecular flexibility index (Phi) is 4.06. The van der Waals surface area contributed by atoms with E-state index in [9.17, 15) is 4.79 Å². The number of benzene rings is 1. The lowest BCUT2D eigenvalue weighted by Gasteiger charge is -2.32. The first kappa shape index (κ1) is 18.1. The number of rotatable bonds is 3. The second-order valence-electron chi connectivity index (χ2n) is 8.32. The van der Waals surface area contributed by atoms with E-state index < -0.39 is 0 Å². The fourth-order valence-electron chi connectivity index (χ4n) is 4.11. The first-order valence-electron chi connectivity index (χ1n) is 9.91. The van der Waals surface area contributed by atoms with Crippen molar-refractivity contribution in [2.45, 2.75) is 52.4 Å². The zero-order chi connectivity index (χ0) is 20.2. The van der Waals surface area contributed by atoms with E-state index in [1.54, 1.807) is 10.9 Å². The van der Waals surface area contributed by atoms with Gasteiger partial charge in [0.05, 0.1) is 23.9 Å². The molecule has 0 atom stereocenters. The van der Waals surface area contributed by atoms with Gasteiger partial charge in [0.2, 0.25) is 11.3 Å². The van der Waals surface area contributed by atoms with Crippen LogP contribution in [0.1, 0.15) is 36.2 Å². The van der Waals surface area contributed by atoms with Crippen molar-refractivity contribution in [1.29, 1.82) is 0 Å². The predicted molar refractivity (Wildman–Crippen MR) is 111 cm³/mol. The number of pyridine rings is 1. The summed E-state index contributed by atoms with van der Waals surface area (Å²) in [6.07, 6.45) is 3.11. The van der Waals surface area contributed by atoms with Gasteiger partial charge in [-0.2, -0.15) is 0 Å². The van der Waals surface area contributed by atoms with Gasteiger partial charge in [0.1, 0.15) is 5.52 Å². The fraction of sp³-hybridized carbons (Fsp3) is 0.348. The molecular weight excluding hydrogens is 366 g/mol. The second-order valence-corrected chi connectivity index (χ2v) is 8.32. The third-order valence-electron chi connectivity index (χ3n) is 5.71. The molecule has 1 aliphatic rings. The molecule has 0 saturated heterocycles. The maximum absolute atomic E-state index is 13.1. The molecule has 4 aromatic rings. The number of furan rings is 1. The zero-order valence-corrected chi connectivity index (χ0v) is 16.9. The summed E-state index contributed by atoms with van der Waals surface area (Å²) in [7, 11) is 0. The maximum Gasteiger partial charge on any atom is 0.297 e. The van der Waals surface area contributed by atoms with Crippen molar-refractivity contribution in [3.8, 4) is 0 Å². The molecule has 0 fully saturated rings. The number of ether oxygens (including phenoxy) is 1. The summed E-state index contributed by atoms with van der Waals surface area (Å²) in [6, 6.07) is 10.1. The monoisotopic (exact) mass is 389 g/mol. The van der Waals surface area contributed by atoms with Crippen LogP contribution in [0.15, 0.2) is 45.9 Å². The van der Waals surface area contributed by atoms with Gasteiger partial charge >= 0.3 is 0 Å². The Morgan fingerprint density at radius 3 is 2.76 bits per heavy atom. The molecule has 1 aliphatic heterocycles. The van der Waals surface area contributed by atoms with Gasteiger partial charge in [-0.3, -0.25) is 9.36 Å². The van der Waals surface area contributed by atoms with E-state index in [1.807, 2.05) is 25.1 Å². The molecule has 148 valence electrons. The van der Waals surface area contributed by atoms with Crippen molar-refractivity contribution >= 4 is 22.2 Å². The highest BCUT2D eigenvalue weighted by atomic mass is 16.5. The van der Waals surface area contributed by atoms with Crippen LogP contribution in [-0.4, -0.2) is 20.1 Å². The summed E-state index contributed by atoms with van der Waals surface area (Å²) in [4.78, 5) is 22.3. The lowest BCUT2D eigenvalue weighted by molar-refractivity contribution is -0.0400. The van der Waals surface area contributed by atoms with Gasteiger partial charge < -0.3 is 9.15 Å². The molecule has 0 saturated carbocycles. The summed E-state index contributed by atoms with van der Waals surface area (Å²) >= 11 is 0. The smallest absolute Gasteiger partial charge is 0.297 e. The Morgan fingerprint density at radius 1 is 1.17 bits per heavy atom. The molecule has 6 nitrogen and oxygen atoms in total. The van der Waals surface area contributed by atoms with Crippen LogP contribution in [0.25, 0.3) is 22.2 Å². The van der Waals surface area contributed by atoms with Gasteiger partial charge in [-0.25, -0.2) is 9.97 Å². The van der Waals surface area contributed by atoms with E-state index >= 15 is 0 Å². The third-order valence-corrected chi connectivity index (χ3v) is 5.71. The predicted octanol–water partition coefficient (Wildman–Crippen LogP) is 3.94. The lowest BCUT2D eigenvalue weighted by atomic mass is 9.89. The third kappa shape index (κ3) is 3.04. The highest BCUT2D eigenvalue weighted by Gasteiger charge is 2.31. The highest BCUT2D eigenvalue weighted by molar-refractivity contribution is 6.03. The number of fused-ring (bicyclic) bond motifs is 5. The van der Waals surface area contributed by atoms with Gasteiger partial charge in [0.15, 0.2) is 0 Å². The number of hydrogen-bond donors (Lipinski definition) is 0. The number of hydrogen-bond acceptors (Lipinski definition) is 5. The number of nitrogens with zero attached hydrogens (tertiary/aromatic N) is 3. The maximum atomic E-state index is 13.1. The molecule has 0 amide bonds. The Balaban J connectivity index is 1.63. The minimum absolute atomic E-state index is 0.165. The molecular formula is C23H23N3O3. The van der Waals surface area contributed by atoms with Crippen molar-refractivity contribution in [3.05, 3.63) is 69.4 Å². The van der Waals surface area contributed by atoms with Crippen molar-refractivity contribution in [3.63, 3.8) is 0 Å². The normalized spacial score (nSPS) is 15.7. The molecule has 0 aliphatic carbocycles. The quantitative estimate of drug-likeness (QED) is 0.531. The van der Waals surface area contributed by atoms with Gasteiger partial charge in [0, 0.05) is 24.2 Å². The zero-order valence-electron chi connectivity index (χ0n) is 16.9. The summed E-state index contributed by atoms with van der Waals surface area (Å²) in [5.41, 5.74) is 5.20. The van der Waals surface area contributed by atoms with Gasteiger partial charge in [0.25, 0.3) is 5.56 Å². The van der Waals surface area contributed by atoms with Crippen LogP contribution < -0.4 is 5.56 Å². The molecule has 0 bridgehead atoms. The van der Waals surface area contributed by atoms with E-state index in [4.69, 9.17) is 9.15 Å². The standard InChI is InChI=1S/C23H23N3O3/c1-14-17-12-28-23(2,3)11-16(17)18-19-20(29-21(18)25-14)22(27)26(13-24-19)10-9-15-7-5-4-6-8-15/h4-8,13H,9-12H2,1-3H3. The Labute approximate surface area is 168 Å². The largest absolute Gasteiger partial charge is 0.430 e. The van der Waals surface area contributed by atoms with Gasteiger partial charge in [-0.15, -0.1) is 0 Å². The molecule has 29 heavy (non-hydrogen) atoms. The molecule has 0 N–H and O–H groups in total. The van der Waals surface area contributed by atoms with Crippen LogP contribution in [-0.2, 0) is 30.7 Å². The molecule has 6 heteroatoms. The SMILES string of the molecule is Cc1nc2oc3c(=O)n(CCc4ccccc4)cnc3c2c2c1COC(C)(C)C2. The Hall–Kier alpha value is -2.99. The number of aromatic nitrogens is 3. The van der Waals surface area contributed by atoms with Gasteiger partial charge in [-0.1, -0.05) is 30.3 Å². The van der Waals surface area contributed by atoms with Crippen molar-refractivity contribution in [2.24, 2.45) is 0 Å². The van der Waals surface area contributed by atoms with Crippen LogP contribution in [0.4, 0.5) is 0 Å². The molecule has 0 radical (unpaired) electrons. The van der Waals surface area contributed by atoms with E-state index in [1.165, 1.54) is 5.56 Å². The average molecular weight is 389 g/mol. The van der Waals surface area contributed by atoms with E-state index in [2.05, 4.69) is 35.9 Å². The summed E-state index contributed by atoms with van der Waals surface area (Å²) in [6.45, 7) is 7.17. The number of aryl methyl sites for hydroxylation is 3. The molecule has 0 unspecified atom stereocenters. The van der Waals surface area contributed by atoms with Crippen molar-refractivity contribution in [2.75, 3.05) is 0 Å². The molecule has 4 heterocycles. The van der Waals surface area contributed by atoms with E-state index in [0.29, 0.717) is 24.4 Å². The fourth-order valence-corrected chi connectivity index (χ4v) is 4.11. The van der Waals surface area contributed by atoms with Crippen LogP contribution in [0.3, 0.4) is 0 Å². The summed E-state index contributed by atoms with van der Waals surface area (Å²) < 4.78 is 13.5. The summed E-state index contributed by atoms with van der Waals surface area (Å²) in [5, 5.41) is 0.851. The average Bonchev–Trinajstić information content (AvgIpc) is 3.07. The molecule has 3 aromatic heterocycles. The topological polar surface area (TPSA) is 70.2 Å². The van der Waals surface area contributed by atoms with Crippen LogP contribution in [0.2, 0.25) is 0 Å². The molecule has 5 rings (SSSR count). The van der Waals surface area contributed by atoms with E-state index in [-0.39, 0.29) is 16.7 Å². The second kappa shape index (κ2) is 6.52. The van der Waals surface area contributed by atoms with Crippen LogP contribution in [0, 0.1) is 6.92 Å². The first-order chi connectivity index (χ1) is 13.9. The van der Waals surface area contributed by atoms with Crippen LogP contribution >= 0.6 is 0 Å². The van der Waals surface area contributed by atoms with Gasteiger partial charge in [-0.05, 0) is 38.3 Å². The minimum atomic E-state index is -0.276. The minimum Gasteiger partial charge on any atom is -0.430 e. The first-order valence-corrected chi connectivity index (χ1v) is 9.91. The molecule has 1 aromatic carbocycles. The van der Waals surface area contributed by atoms with Crippen molar-refractivity contribution in [1.82, 2.24) is 14.5 Å². The highest BCUT2D eigenvalue weighted by Crippen LogP contribution is 2.37. The van der Waals surface area contributed by atoms with Crippen LogP contribution in [0.5, 0.6) is 0 Å². The lowest BCUT2D eigenvalue weighted by Crippen LogP contribution is -2.32. The Morgan fingerprint density at radius 2 is 1.97 bits per heavy atom. The summed E-state index contributed by atoms with van der Waals surface area (Å²) in [5.74, 6) is 0. The Bertz CT molecular complexity index is 1290. The van der Waals surface area contributed by atoms with Crippen molar-refractivity contribution < 1.29 is 9.15 Å². The molecule has 0 spiro atoms.